The topological polar surface area (TPSA) is 85.5 Å². The van der Waals surface area contributed by atoms with E-state index >= 15 is 0 Å². The number of benzene rings is 3. The first kappa shape index (κ1) is 24.6. The van der Waals surface area contributed by atoms with Crippen LogP contribution in [0.15, 0.2) is 72.8 Å². The number of imide groups is 1. The number of nitrogens with zero attached hydrogens (tertiary/aromatic N) is 2. The summed E-state index contributed by atoms with van der Waals surface area (Å²) in [5.41, 5.74) is 3.99. The molecule has 3 aromatic carbocycles. The van der Waals surface area contributed by atoms with E-state index < -0.39 is 18.1 Å². The summed E-state index contributed by atoms with van der Waals surface area (Å²) < 4.78 is 13.9. The molecule has 2 fully saturated rings. The minimum absolute atomic E-state index is 0.0896. The molecule has 4 aromatic rings. The van der Waals surface area contributed by atoms with E-state index in [1.807, 2.05) is 24.3 Å². The van der Waals surface area contributed by atoms with Crippen LogP contribution in [0.3, 0.4) is 0 Å². The largest absolute Gasteiger partial charge is 0.356 e. The Hall–Kier alpha value is -4.46. The normalized spacial score (nSPS) is 21.0. The Balaban J connectivity index is 1.30. The van der Waals surface area contributed by atoms with Gasteiger partial charge in [-0.15, -0.1) is 0 Å². The number of carbonyl (C=O) groups excluding carboxylic acids is 3. The molecular formula is C32H29FN4O3. The van der Waals surface area contributed by atoms with E-state index in [-0.39, 0.29) is 29.4 Å². The van der Waals surface area contributed by atoms with Gasteiger partial charge < -0.3 is 10.3 Å². The number of carbonyl (C=O) groups is 3. The molecule has 0 radical (unpaired) electrons. The van der Waals surface area contributed by atoms with Gasteiger partial charge in [0.1, 0.15) is 17.9 Å². The summed E-state index contributed by atoms with van der Waals surface area (Å²) in [7, 11) is 0. The van der Waals surface area contributed by atoms with Crippen LogP contribution in [0.1, 0.15) is 65.3 Å². The highest BCUT2D eigenvalue weighted by atomic mass is 19.1. The van der Waals surface area contributed by atoms with E-state index in [0.29, 0.717) is 17.5 Å². The quantitative estimate of drug-likeness (QED) is 0.321. The van der Waals surface area contributed by atoms with E-state index in [4.69, 9.17) is 0 Å². The van der Waals surface area contributed by atoms with E-state index in [2.05, 4.69) is 10.3 Å². The third-order valence-corrected chi connectivity index (χ3v) is 8.56. The number of nitrogens with one attached hydrogen (secondary N) is 2. The molecule has 2 atom stereocenters. The van der Waals surface area contributed by atoms with Gasteiger partial charge in [-0.1, -0.05) is 61.7 Å². The lowest BCUT2D eigenvalue weighted by molar-refractivity contribution is -0.120. The Morgan fingerprint density at radius 1 is 0.900 bits per heavy atom. The highest BCUT2D eigenvalue weighted by Gasteiger charge is 2.53. The maximum Gasteiger partial charge on any atom is 0.332 e. The zero-order valence-electron chi connectivity index (χ0n) is 21.9. The predicted molar refractivity (Wildman–Crippen MR) is 150 cm³/mol. The van der Waals surface area contributed by atoms with Crippen molar-refractivity contribution in [1.82, 2.24) is 15.2 Å². The van der Waals surface area contributed by atoms with E-state index in [1.165, 1.54) is 18.6 Å². The molecule has 1 saturated heterocycles. The second-order valence-corrected chi connectivity index (χ2v) is 10.9. The monoisotopic (exact) mass is 536 g/mol. The molecule has 7 nitrogen and oxygen atoms in total. The molecule has 2 unspecified atom stereocenters. The molecule has 4 amide bonds. The maximum atomic E-state index is 14.2. The summed E-state index contributed by atoms with van der Waals surface area (Å²) >= 11 is 0. The highest BCUT2D eigenvalue weighted by Crippen LogP contribution is 2.45. The molecule has 202 valence electrons. The maximum absolute atomic E-state index is 14.2. The first-order valence-corrected chi connectivity index (χ1v) is 13.9. The Labute approximate surface area is 231 Å². The van der Waals surface area contributed by atoms with E-state index in [0.717, 1.165) is 52.7 Å². The minimum atomic E-state index is -0.760. The molecule has 3 aliphatic rings. The number of amides is 4. The summed E-state index contributed by atoms with van der Waals surface area (Å²) in [6.45, 7) is 0. The predicted octanol–water partition coefficient (Wildman–Crippen LogP) is 5.85. The average molecular weight is 537 g/mol. The van der Waals surface area contributed by atoms with Crippen molar-refractivity contribution in [3.05, 3.63) is 101 Å². The van der Waals surface area contributed by atoms with Gasteiger partial charge >= 0.3 is 6.03 Å². The van der Waals surface area contributed by atoms with Crippen molar-refractivity contribution in [2.75, 3.05) is 4.90 Å². The van der Waals surface area contributed by atoms with Gasteiger partial charge in [-0.3, -0.25) is 14.5 Å². The molecule has 0 spiro atoms. The number of halogens is 1. The molecule has 2 N–H and O–H groups in total. The first-order chi connectivity index (χ1) is 19.5. The third-order valence-electron chi connectivity index (χ3n) is 8.56. The highest BCUT2D eigenvalue weighted by molar-refractivity contribution is 6.24. The fraction of sp³-hybridized carbons (Fsp3) is 0.281. The fourth-order valence-corrected chi connectivity index (χ4v) is 6.66. The van der Waals surface area contributed by atoms with Crippen molar-refractivity contribution < 1.29 is 18.8 Å². The molecule has 2 aliphatic heterocycles. The van der Waals surface area contributed by atoms with Crippen LogP contribution >= 0.6 is 0 Å². The molecule has 1 saturated carbocycles. The fourth-order valence-electron chi connectivity index (χ4n) is 6.66. The molecule has 3 heterocycles. The van der Waals surface area contributed by atoms with Crippen LogP contribution in [-0.2, 0) is 11.2 Å². The smallest absolute Gasteiger partial charge is 0.332 e. The van der Waals surface area contributed by atoms with Crippen molar-refractivity contribution in [3.8, 4) is 0 Å². The number of aromatic nitrogens is 1. The van der Waals surface area contributed by atoms with Crippen molar-refractivity contribution in [2.45, 2.75) is 56.7 Å². The van der Waals surface area contributed by atoms with Gasteiger partial charge in [-0.25, -0.2) is 14.1 Å². The van der Waals surface area contributed by atoms with Gasteiger partial charge in [0, 0.05) is 29.1 Å². The second-order valence-electron chi connectivity index (χ2n) is 10.9. The number of urea groups is 1. The van der Waals surface area contributed by atoms with Gasteiger partial charge in [0.15, 0.2) is 0 Å². The molecule has 1 aliphatic carbocycles. The molecule has 0 bridgehead atoms. The van der Waals surface area contributed by atoms with Crippen LogP contribution in [0.5, 0.6) is 0 Å². The number of aromatic amines is 1. The van der Waals surface area contributed by atoms with Crippen LogP contribution < -0.4 is 10.2 Å². The van der Waals surface area contributed by atoms with Gasteiger partial charge in [-0.2, -0.15) is 0 Å². The Morgan fingerprint density at radius 3 is 2.42 bits per heavy atom. The van der Waals surface area contributed by atoms with Crippen LogP contribution in [0, 0.1) is 5.82 Å². The average Bonchev–Trinajstić information content (AvgIpc) is 3.47. The summed E-state index contributed by atoms with van der Waals surface area (Å²) in [5.74, 6) is -1.03. The minimum Gasteiger partial charge on any atom is -0.356 e. The third kappa shape index (κ3) is 3.89. The van der Waals surface area contributed by atoms with E-state index in [1.54, 1.807) is 41.3 Å². The number of anilines is 1. The van der Waals surface area contributed by atoms with Crippen molar-refractivity contribution in [3.63, 3.8) is 0 Å². The summed E-state index contributed by atoms with van der Waals surface area (Å²) in [6, 6.07) is 18.9. The number of rotatable bonds is 4. The van der Waals surface area contributed by atoms with Gasteiger partial charge in [0.05, 0.1) is 11.3 Å². The Kier molecular flexibility index (Phi) is 5.91. The SMILES string of the molecule is O=C(NC1CCCCC1)c1ccccc1N1C(=O)C2Cc3c([nH]c4ccccc34)C(c3ccc(F)cc3)N2C1=O. The van der Waals surface area contributed by atoms with Crippen LogP contribution in [0.4, 0.5) is 14.9 Å². The number of para-hydroxylation sites is 2. The first-order valence-electron chi connectivity index (χ1n) is 13.9. The zero-order valence-corrected chi connectivity index (χ0v) is 21.9. The standard InChI is InChI=1S/C32H29FN4O3/c33-20-16-14-19(15-17-20)29-28-24(22-10-4-6-12-25(22)35-28)18-27-31(39)37(32(40)36(27)29)26-13-7-5-11-23(26)30(38)34-21-8-2-1-3-9-21/h4-7,10-17,21,27,29,35H,1-3,8-9,18H2,(H,34,38). The van der Waals surface area contributed by atoms with Crippen LogP contribution in [0.2, 0.25) is 0 Å². The Bertz CT molecular complexity index is 1640. The molecule has 40 heavy (non-hydrogen) atoms. The number of hydrogen-bond donors (Lipinski definition) is 2. The number of H-pyrrole nitrogens is 1. The number of fused-ring (bicyclic) bond motifs is 4. The van der Waals surface area contributed by atoms with Crippen LogP contribution in [-0.4, -0.2) is 39.8 Å². The molecular weight excluding hydrogens is 507 g/mol. The molecule has 7 rings (SSSR count). The number of hydrogen-bond acceptors (Lipinski definition) is 3. The molecule has 8 heteroatoms. The summed E-state index contributed by atoms with van der Waals surface area (Å²) in [6.07, 6.45) is 5.52. The van der Waals surface area contributed by atoms with Gasteiger partial charge in [0.25, 0.3) is 11.8 Å². The second kappa shape index (κ2) is 9.62. The van der Waals surface area contributed by atoms with Crippen molar-refractivity contribution in [1.29, 1.82) is 0 Å². The zero-order chi connectivity index (χ0) is 27.4. The van der Waals surface area contributed by atoms with Crippen LogP contribution in [0.25, 0.3) is 10.9 Å². The van der Waals surface area contributed by atoms with Gasteiger partial charge in [0.2, 0.25) is 0 Å². The Morgan fingerprint density at radius 2 is 1.62 bits per heavy atom. The van der Waals surface area contributed by atoms with Crippen molar-refractivity contribution >= 4 is 34.4 Å². The lowest BCUT2D eigenvalue weighted by atomic mass is 9.89. The lowest BCUT2D eigenvalue weighted by Gasteiger charge is -2.36. The lowest BCUT2D eigenvalue weighted by Crippen LogP contribution is -2.44. The molecule has 1 aromatic heterocycles. The van der Waals surface area contributed by atoms with Gasteiger partial charge in [-0.05, 0) is 54.3 Å². The van der Waals surface area contributed by atoms with Crippen molar-refractivity contribution in [2.24, 2.45) is 0 Å². The summed E-state index contributed by atoms with van der Waals surface area (Å²) in [5, 5.41) is 4.11. The van der Waals surface area contributed by atoms with E-state index in [9.17, 15) is 18.8 Å². The summed E-state index contributed by atoms with van der Waals surface area (Å²) in [4.78, 5) is 47.9.